The smallest absolute Gasteiger partial charge is 0.306 e. The third-order valence-corrected chi connectivity index (χ3v) is 16.5. The van der Waals surface area contributed by atoms with Crippen LogP contribution in [0.25, 0.3) is 0 Å². The van der Waals surface area contributed by atoms with Gasteiger partial charge in [0, 0.05) is 19.3 Å². The molecule has 3 unspecified atom stereocenters. The highest BCUT2D eigenvalue weighted by molar-refractivity contribution is 5.70. The van der Waals surface area contributed by atoms with Crippen LogP contribution >= 0.6 is 0 Å². The van der Waals surface area contributed by atoms with Crippen molar-refractivity contribution in [3.63, 3.8) is 0 Å². The number of carbonyl (C=O) groups is 3. The number of hydrogen-bond acceptors (Lipinski definition) is 6. The predicted molar refractivity (Wildman–Crippen MR) is 330 cm³/mol. The van der Waals surface area contributed by atoms with E-state index in [0.717, 1.165) is 128 Å². The van der Waals surface area contributed by atoms with Gasteiger partial charge in [-0.3, -0.25) is 14.4 Å². The van der Waals surface area contributed by atoms with E-state index in [9.17, 15) is 14.4 Å². The molecular formula is C70H136O6. The Morgan fingerprint density at radius 3 is 0.487 bits per heavy atom. The molecule has 0 saturated carbocycles. The fraction of sp³-hybridized carbons (Fsp3) is 0.957. The highest BCUT2D eigenvalue weighted by Crippen LogP contribution is 2.23. The first-order valence-corrected chi connectivity index (χ1v) is 35.0. The van der Waals surface area contributed by atoms with Gasteiger partial charge in [0.1, 0.15) is 18.3 Å². The van der Waals surface area contributed by atoms with E-state index in [4.69, 9.17) is 14.2 Å². The molecule has 452 valence electrons. The Kier molecular flexibility index (Phi) is 61.3. The third-order valence-electron chi connectivity index (χ3n) is 16.5. The van der Waals surface area contributed by atoms with Gasteiger partial charge in [0.25, 0.3) is 0 Å². The van der Waals surface area contributed by atoms with E-state index in [1.807, 2.05) is 0 Å². The standard InChI is InChI=1S/C70H136O6/c1-6-11-16-21-26-27-28-29-30-31-35-44-53-62-68(71)75-66(58-49-40-33-23-18-13-8-3)60-51-42-36-46-55-64-70(73)76-67(59-50-41-34-24-19-14-9-4)61-52-43-37-45-54-63-69(72)74-65(56-47-38-25-20-15-10-5)57-48-39-32-22-17-12-7-2/h65-67H,6-64H2,1-5H3. The highest BCUT2D eigenvalue weighted by Gasteiger charge is 2.18. The first-order chi connectivity index (χ1) is 37.4. The lowest BCUT2D eigenvalue weighted by atomic mass is 10.0. The Morgan fingerprint density at radius 2 is 0.329 bits per heavy atom. The Morgan fingerprint density at radius 1 is 0.197 bits per heavy atom. The summed E-state index contributed by atoms with van der Waals surface area (Å²) < 4.78 is 18.5. The van der Waals surface area contributed by atoms with Crippen molar-refractivity contribution in [3.8, 4) is 0 Å². The molecule has 0 aliphatic heterocycles. The number of unbranched alkanes of at least 4 members (excludes halogenated alkanes) is 43. The molecule has 0 heterocycles. The van der Waals surface area contributed by atoms with Crippen LogP contribution in [0.2, 0.25) is 0 Å². The van der Waals surface area contributed by atoms with Gasteiger partial charge < -0.3 is 14.2 Å². The Bertz CT molecular complexity index is 1170. The number of esters is 3. The lowest BCUT2D eigenvalue weighted by molar-refractivity contribution is -0.151. The van der Waals surface area contributed by atoms with Crippen molar-refractivity contribution in [1.82, 2.24) is 0 Å². The Labute approximate surface area is 476 Å². The summed E-state index contributed by atoms with van der Waals surface area (Å²) in [7, 11) is 0. The van der Waals surface area contributed by atoms with Crippen molar-refractivity contribution < 1.29 is 28.6 Å². The zero-order valence-corrected chi connectivity index (χ0v) is 52.4. The predicted octanol–water partition coefficient (Wildman–Crippen LogP) is 23.8. The van der Waals surface area contributed by atoms with E-state index in [1.165, 1.54) is 231 Å². The lowest BCUT2D eigenvalue weighted by Crippen LogP contribution is -2.18. The molecule has 6 heteroatoms. The number of rotatable bonds is 64. The topological polar surface area (TPSA) is 78.9 Å². The van der Waals surface area contributed by atoms with Crippen LogP contribution in [0.3, 0.4) is 0 Å². The van der Waals surface area contributed by atoms with Crippen LogP contribution < -0.4 is 0 Å². The second-order valence-corrected chi connectivity index (χ2v) is 24.2. The molecule has 0 rings (SSSR count). The third kappa shape index (κ3) is 57.1. The van der Waals surface area contributed by atoms with E-state index in [1.54, 1.807) is 0 Å². The molecule has 0 bridgehead atoms. The van der Waals surface area contributed by atoms with Gasteiger partial charge in [0.15, 0.2) is 0 Å². The molecule has 0 aromatic rings. The summed E-state index contributed by atoms with van der Waals surface area (Å²) in [5, 5.41) is 0. The molecule has 0 aliphatic carbocycles. The molecule has 0 saturated heterocycles. The number of carbonyl (C=O) groups excluding carboxylic acids is 3. The van der Waals surface area contributed by atoms with Gasteiger partial charge in [-0.1, -0.05) is 298 Å². The summed E-state index contributed by atoms with van der Waals surface area (Å²) in [5.41, 5.74) is 0. The molecule has 0 N–H and O–H groups in total. The average molecular weight is 1070 g/mol. The molecule has 3 atom stereocenters. The van der Waals surface area contributed by atoms with Crippen molar-refractivity contribution in [2.45, 2.75) is 432 Å². The first kappa shape index (κ1) is 74.4. The molecule has 0 aliphatic rings. The van der Waals surface area contributed by atoms with Gasteiger partial charge >= 0.3 is 17.9 Å². The van der Waals surface area contributed by atoms with Crippen LogP contribution in [0.4, 0.5) is 0 Å². The monoisotopic (exact) mass is 1070 g/mol. The summed E-state index contributed by atoms with van der Waals surface area (Å²) >= 11 is 0. The molecule has 0 amide bonds. The molecule has 0 aromatic heterocycles. The minimum absolute atomic E-state index is 0.0105. The first-order valence-electron chi connectivity index (χ1n) is 35.0. The van der Waals surface area contributed by atoms with E-state index >= 15 is 0 Å². The lowest BCUT2D eigenvalue weighted by Gasteiger charge is -2.19. The van der Waals surface area contributed by atoms with Gasteiger partial charge in [-0.15, -0.1) is 0 Å². The maximum absolute atomic E-state index is 13.2. The quantitative estimate of drug-likeness (QED) is 0.0343. The minimum Gasteiger partial charge on any atom is -0.462 e. The van der Waals surface area contributed by atoms with E-state index in [-0.39, 0.29) is 36.2 Å². The summed E-state index contributed by atoms with van der Waals surface area (Å²) in [5.74, 6) is 0.0135. The van der Waals surface area contributed by atoms with Gasteiger partial charge in [-0.2, -0.15) is 0 Å². The van der Waals surface area contributed by atoms with Crippen molar-refractivity contribution in [2.24, 2.45) is 0 Å². The second-order valence-electron chi connectivity index (χ2n) is 24.2. The zero-order chi connectivity index (χ0) is 55.3. The molecule has 0 spiro atoms. The van der Waals surface area contributed by atoms with Gasteiger partial charge in [-0.25, -0.2) is 0 Å². The van der Waals surface area contributed by atoms with E-state index in [0.29, 0.717) is 19.3 Å². The number of hydrogen-bond donors (Lipinski definition) is 0. The molecule has 76 heavy (non-hydrogen) atoms. The molecular weight excluding hydrogens is 937 g/mol. The molecule has 0 radical (unpaired) electrons. The fourth-order valence-corrected chi connectivity index (χ4v) is 11.3. The minimum atomic E-state index is -0.0154. The maximum atomic E-state index is 13.2. The van der Waals surface area contributed by atoms with Crippen molar-refractivity contribution in [2.75, 3.05) is 0 Å². The van der Waals surface area contributed by atoms with Gasteiger partial charge in [-0.05, 0) is 96.3 Å². The SMILES string of the molecule is CCCCCCCCCCCCCCCC(=O)OC(CCCCCCCCC)CCCCCCCC(=O)OC(CCCCCCCCC)CCCCCCCC(=O)OC(CCCCCCCC)CCCCCCCCC. The Hall–Kier alpha value is -1.59. The van der Waals surface area contributed by atoms with Crippen LogP contribution in [0.1, 0.15) is 413 Å². The largest absolute Gasteiger partial charge is 0.462 e. The van der Waals surface area contributed by atoms with Crippen LogP contribution in [0.5, 0.6) is 0 Å². The van der Waals surface area contributed by atoms with Crippen LogP contribution in [-0.2, 0) is 28.6 Å². The normalized spacial score (nSPS) is 12.8. The van der Waals surface area contributed by atoms with Crippen molar-refractivity contribution in [1.29, 1.82) is 0 Å². The highest BCUT2D eigenvalue weighted by atomic mass is 16.6. The molecule has 0 fully saturated rings. The summed E-state index contributed by atoms with van der Waals surface area (Å²) in [6.45, 7) is 11.4. The zero-order valence-electron chi connectivity index (χ0n) is 52.4. The summed E-state index contributed by atoms with van der Waals surface area (Å²) in [6.07, 6.45) is 70.0. The number of ether oxygens (including phenoxy) is 3. The van der Waals surface area contributed by atoms with Crippen LogP contribution in [0.15, 0.2) is 0 Å². The van der Waals surface area contributed by atoms with Crippen LogP contribution in [-0.4, -0.2) is 36.2 Å². The maximum Gasteiger partial charge on any atom is 0.306 e. The second kappa shape index (κ2) is 62.6. The average Bonchev–Trinajstić information content (AvgIpc) is 3.41. The Balaban J connectivity index is 4.72. The van der Waals surface area contributed by atoms with Gasteiger partial charge in [0.05, 0.1) is 0 Å². The fourth-order valence-electron chi connectivity index (χ4n) is 11.3. The van der Waals surface area contributed by atoms with Gasteiger partial charge in [0.2, 0.25) is 0 Å². The van der Waals surface area contributed by atoms with E-state index in [2.05, 4.69) is 34.6 Å². The van der Waals surface area contributed by atoms with Crippen molar-refractivity contribution in [3.05, 3.63) is 0 Å². The molecule has 6 nitrogen and oxygen atoms in total. The van der Waals surface area contributed by atoms with Crippen LogP contribution in [0, 0.1) is 0 Å². The molecule has 0 aromatic carbocycles. The summed E-state index contributed by atoms with van der Waals surface area (Å²) in [6, 6.07) is 0. The van der Waals surface area contributed by atoms with E-state index < -0.39 is 0 Å². The van der Waals surface area contributed by atoms with Crippen molar-refractivity contribution >= 4 is 17.9 Å². The summed E-state index contributed by atoms with van der Waals surface area (Å²) in [4.78, 5) is 39.1.